The summed E-state index contributed by atoms with van der Waals surface area (Å²) in [6, 6.07) is 5.51. The molecular formula is C14H16N2O2S. The molecule has 0 radical (unpaired) electrons. The van der Waals surface area contributed by atoms with E-state index in [1.54, 1.807) is 30.6 Å². The van der Waals surface area contributed by atoms with Gasteiger partial charge >= 0.3 is 0 Å². The number of ether oxygens (including phenoxy) is 1. The van der Waals surface area contributed by atoms with Crippen molar-refractivity contribution in [2.45, 2.75) is 13.8 Å². The molecule has 2 rings (SSSR count). The standard InChI is InChI=1S/C14H16N2O2S/c1-9-10(2)19-14(15-9)16(3)12-5-6-13(18-4)11(7-12)8-17/h5-8H,1-4H3. The minimum absolute atomic E-state index is 0.539. The van der Waals surface area contributed by atoms with E-state index < -0.39 is 0 Å². The first-order valence-corrected chi connectivity index (χ1v) is 6.69. The van der Waals surface area contributed by atoms with Crippen LogP contribution >= 0.6 is 11.3 Å². The van der Waals surface area contributed by atoms with Crippen molar-refractivity contribution < 1.29 is 9.53 Å². The Kier molecular flexibility index (Phi) is 3.85. The van der Waals surface area contributed by atoms with Crippen LogP contribution in [0.3, 0.4) is 0 Å². The van der Waals surface area contributed by atoms with E-state index in [2.05, 4.69) is 11.9 Å². The highest BCUT2D eigenvalue weighted by Crippen LogP contribution is 2.31. The molecular weight excluding hydrogens is 260 g/mol. The largest absolute Gasteiger partial charge is 0.496 e. The maximum atomic E-state index is 11.0. The van der Waals surface area contributed by atoms with Crippen LogP contribution in [0.15, 0.2) is 18.2 Å². The highest BCUT2D eigenvalue weighted by molar-refractivity contribution is 7.15. The minimum atomic E-state index is 0.539. The Bertz CT molecular complexity index is 588. The van der Waals surface area contributed by atoms with Crippen LogP contribution in [0.2, 0.25) is 0 Å². The van der Waals surface area contributed by atoms with Crippen molar-refractivity contribution in [2.24, 2.45) is 0 Å². The zero-order valence-electron chi connectivity index (χ0n) is 11.4. The lowest BCUT2D eigenvalue weighted by Gasteiger charge is -2.17. The molecule has 1 heterocycles. The van der Waals surface area contributed by atoms with Gasteiger partial charge in [-0.3, -0.25) is 4.79 Å². The summed E-state index contributed by atoms with van der Waals surface area (Å²) in [4.78, 5) is 18.7. The second kappa shape index (κ2) is 5.40. The van der Waals surface area contributed by atoms with Gasteiger partial charge in [-0.1, -0.05) is 0 Å². The van der Waals surface area contributed by atoms with Crippen molar-refractivity contribution in [1.29, 1.82) is 0 Å². The molecule has 4 nitrogen and oxygen atoms in total. The lowest BCUT2D eigenvalue weighted by atomic mass is 10.2. The lowest BCUT2D eigenvalue weighted by Crippen LogP contribution is -2.09. The number of benzene rings is 1. The van der Waals surface area contributed by atoms with E-state index in [1.165, 1.54) is 4.88 Å². The fourth-order valence-corrected chi connectivity index (χ4v) is 2.62. The molecule has 0 spiro atoms. The Morgan fingerprint density at radius 1 is 1.37 bits per heavy atom. The van der Waals surface area contributed by atoms with Crippen LogP contribution in [0.25, 0.3) is 0 Å². The van der Waals surface area contributed by atoms with E-state index in [4.69, 9.17) is 4.74 Å². The highest BCUT2D eigenvalue weighted by atomic mass is 32.1. The average molecular weight is 276 g/mol. The molecule has 0 aliphatic heterocycles. The normalized spacial score (nSPS) is 10.3. The van der Waals surface area contributed by atoms with Crippen molar-refractivity contribution in [3.05, 3.63) is 34.3 Å². The second-order valence-electron chi connectivity index (χ2n) is 4.24. The molecule has 0 aliphatic rings. The van der Waals surface area contributed by atoms with Gasteiger partial charge in [0.25, 0.3) is 0 Å². The first-order chi connectivity index (χ1) is 9.06. The number of methoxy groups -OCH3 is 1. The van der Waals surface area contributed by atoms with Crippen LogP contribution in [0.1, 0.15) is 20.9 Å². The minimum Gasteiger partial charge on any atom is -0.496 e. The third-order valence-corrected chi connectivity index (χ3v) is 4.18. The predicted molar refractivity (Wildman–Crippen MR) is 78.0 cm³/mol. The molecule has 0 N–H and O–H groups in total. The van der Waals surface area contributed by atoms with Crippen LogP contribution in [0.5, 0.6) is 5.75 Å². The van der Waals surface area contributed by atoms with Gasteiger partial charge in [0, 0.05) is 17.6 Å². The summed E-state index contributed by atoms with van der Waals surface area (Å²) in [7, 11) is 3.49. The number of anilines is 2. The van der Waals surface area contributed by atoms with E-state index in [-0.39, 0.29) is 0 Å². The van der Waals surface area contributed by atoms with Crippen molar-refractivity contribution in [1.82, 2.24) is 4.98 Å². The Labute approximate surface area is 116 Å². The third kappa shape index (κ3) is 2.61. The number of hydrogen-bond donors (Lipinski definition) is 0. The number of aldehydes is 1. The van der Waals surface area contributed by atoms with Crippen molar-refractivity contribution in [3.8, 4) is 5.75 Å². The molecule has 0 aliphatic carbocycles. The zero-order chi connectivity index (χ0) is 14.0. The smallest absolute Gasteiger partial charge is 0.190 e. The van der Waals surface area contributed by atoms with Crippen LogP contribution in [0, 0.1) is 13.8 Å². The van der Waals surface area contributed by atoms with Crippen molar-refractivity contribution in [2.75, 3.05) is 19.1 Å². The number of aryl methyl sites for hydroxylation is 2. The summed E-state index contributed by atoms with van der Waals surface area (Å²) in [6.07, 6.45) is 0.800. The Balaban J connectivity index is 2.38. The Morgan fingerprint density at radius 3 is 2.63 bits per heavy atom. The predicted octanol–water partition coefficient (Wildman–Crippen LogP) is 3.35. The molecule has 0 unspecified atom stereocenters. The van der Waals surface area contributed by atoms with Crippen LogP contribution in [-0.4, -0.2) is 25.4 Å². The van der Waals surface area contributed by atoms with E-state index in [1.807, 2.05) is 24.9 Å². The molecule has 1 aromatic heterocycles. The monoisotopic (exact) mass is 276 g/mol. The number of aromatic nitrogens is 1. The summed E-state index contributed by atoms with van der Waals surface area (Å²) in [6.45, 7) is 4.04. The summed E-state index contributed by atoms with van der Waals surface area (Å²) in [5.41, 5.74) is 2.49. The van der Waals surface area contributed by atoms with Crippen LogP contribution < -0.4 is 9.64 Å². The average Bonchev–Trinajstić information content (AvgIpc) is 2.77. The van der Waals surface area contributed by atoms with E-state index in [0.717, 1.165) is 22.8 Å². The summed E-state index contributed by atoms with van der Waals surface area (Å²) in [5.74, 6) is 0.582. The maximum absolute atomic E-state index is 11.0. The van der Waals surface area contributed by atoms with Gasteiger partial charge in [0.15, 0.2) is 11.4 Å². The van der Waals surface area contributed by atoms with Gasteiger partial charge in [0.1, 0.15) is 5.75 Å². The Hall–Kier alpha value is -1.88. The van der Waals surface area contributed by atoms with Crippen molar-refractivity contribution >= 4 is 28.4 Å². The number of nitrogens with zero attached hydrogens (tertiary/aromatic N) is 2. The van der Waals surface area contributed by atoms with Gasteiger partial charge < -0.3 is 9.64 Å². The lowest BCUT2D eigenvalue weighted by molar-refractivity contribution is 0.112. The third-order valence-electron chi connectivity index (χ3n) is 3.03. The van der Waals surface area contributed by atoms with Crippen LogP contribution in [-0.2, 0) is 0 Å². The van der Waals surface area contributed by atoms with Gasteiger partial charge in [-0.2, -0.15) is 0 Å². The molecule has 0 atom stereocenters. The number of thiazole rings is 1. The zero-order valence-corrected chi connectivity index (χ0v) is 12.2. The number of hydrogen-bond acceptors (Lipinski definition) is 5. The first kappa shape index (κ1) is 13.5. The SMILES string of the molecule is COc1ccc(N(C)c2nc(C)c(C)s2)cc1C=O. The molecule has 0 bridgehead atoms. The van der Waals surface area contributed by atoms with E-state index >= 15 is 0 Å². The molecule has 0 saturated carbocycles. The fourth-order valence-electron chi connectivity index (χ4n) is 1.73. The molecule has 2 aromatic rings. The Morgan fingerprint density at radius 2 is 2.11 bits per heavy atom. The van der Waals surface area contributed by atoms with Crippen LogP contribution in [0.4, 0.5) is 10.8 Å². The van der Waals surface area contributed by atoms with Crippen molar-refractivity contribution in [3.63, 3.8) is 0 Å². The van der Waals surface area contributed by atoms with Gasteiger partial charge in [0.2, 0.25) is 0 Å². The van der Waals surface area contributed by atoms with Gasteiger partial charge in [-0.25, -0.2) is 4.98 Å². The maximum Gasteiger partial charge on any atom is 0.190 e. The molecule has 100 valence electrons. The van der Waals surface area contributed by atoms with E-state index in [0.29, 0.717) is 11.3 Å². The molecule has 5 heteroatoms. The number of rotatable bonds is 4. The topological polar surface area (TPSA) is 42.4 Å². The summed E-state index contributed by atoms with van der Waals surface area (Å²) in [5, 5.41) is 0.914. The molecule has 19 heavy (non-hydrogen) atoms. The number of carbonyl (C=O) groups excluding carboxylic acids is 1. The van der Waals surface area contributed by atoms with Gasteiger partial charge in [0.05, 0.1) is 18.4 Å². The second-order valence-corrected chi connectivity index (χ2v) is 5.42. The fraction of sp³-hybridized carbons (Fsp3) is 0.286. The first-order valence-electron chi connectivity index (χ1n) is 5.87. The van der Waals surface area contributed by atoms with E-state index in [9.17, 15) is 4.79 Å². The van der Waals surface area contributed by atoms with Gasteiger partial charge in [-0.05, 0) is 32.0 Å². The van der Waals surface area contributed by atoms with Gasteiger partial charge in [-0.15, -0.1) is 11.3 Å². The summed E-state index contributed by atoms with van der Waals surface area (Å²) >= 11 is 1.64. The summed E-state index contributed by atoms with van der Waals surface area (Å²) < 4.78 is 5.14. The molecule has 0 saturated heterocycles. The quantitative estimate of drug-likeness (QED) is 0.803. The molecule has 0 amide bonds. The molecule has 0 fully saturated rings. The molecule has 1 aromatic carbocycles. The highest BCUT2D eigenvalue weighted by Gasteiger charge is 2.12. The number of carbonyl (C=O) groups is 1.